The van der Waals surface area contributed by atoms with Crippen LogP contribution in [0, 0.1) is 20.8 Å². The number of amides is 2. The van der Waals surface area contributed by atoms with Gasteiger partial charge in [-0.05, 0) is 63.1 Å². The van der Waals surface area contributed by atoms with E-state index in [9.17, 15) is 18.0 Å². The van der Waals surface area contributed by atoms with Gasteiger partial charge in [0, 0.05) is 11.3 Å². The van der Waals surface area contributed by atoms with Crippen LogP contribution >= 0.6 is 0 Å². The maximum absolute atomic E-state index is 12.7. The van der Waals surface area contributed by atoms with E-state index in [1.165, 1.54) is 31.2 Å². The van der Waals surface area contributed by atoms with Gasteiger partial charge in [-0.3, -0.25) is 9.59 Å². The number of hydrogen-bond donors (Lipinski definition) is 3. The maximum Gasteiger partial charge on any atom is 0.248 e. The fraction of sp³-hybridized carbons (Fsp3) is 0.263. The molecule has 1 unspecified atom stereocenters. The Bertz CT molecular complexity index is 960. The van der Waals surface area contributed by atoms with Crippen LogP contribution in [0.25, 0.3) is 0 Å². The molecule has 0 aliphatic heterocycles. The summed E-state index contributed by atoms with van der Waals surface area (Å²) >= 11 is 0. The lowest BCUT2D eigenvalue weighted by atomic mass is 10.1. The first-order chi connectivity index (χ1) is 12.5. The summed E-state index contributed by atoms with van der Waals surface area (Å²) in [5.41, 5.74) is 8.12. The smallest absolute Gasteiger partial charge is 0.248 e. The summed E-state index contributed by atoms with van der Waals surface area (Å²) in [4.78, 5) is 23.6. The molecule has 4 N–H and O–H groups in total. The van der Waals surface area contributed by atoms with Crippen molar-refractivity contribution in [3.8, 4) is 0 Å². The van der Waals surface area contributed by atoms with Crippen molar-refractivity contribution in [1.82, 2.24) is 4.72 Å². The molecular formula is C19H23N3O4S. The Balaban J connectivity index is 2.14. The molecule has 1 atom stereocenters. The Morgan fingerprint density at radius 2 is 1.52 bits per heavy atom. The van der Waals surface area contributed by atoms with Crippen molar-refractivity contribution in [2.45, 2.75) is 38.6 Å². The molecular weight excluding hydrogens is 366 g/mol. The Labute approximate surface area is 159 Å². The summed E-state index contributed by atoms with van der Waals surface area (Å²) in [6, 6.07) is 8.57. The molecule has 0 heterocycles. The van der Waals surface area contributed by atoms with Crippen LogP contribution in [0.2, 0.25) is 0 Å². The molecule has 0 aliphatic carbocycles. The Morgan fingerprint density at radius 3 is 2.00 bits per heavy atom. The number of benzene rings is 2. The minimum atomic E-state index is -3.86. The summed E-state index contributed by atoms with van der Waals surface area (Å²) < 4.78 is 27.9. The Morgan fingerprint density at radius 1 is 1.00 bits per heavy atom. The zero-order valence-corrected chi connectivity index (χ0v) is 16.5. The van der Waals surface area contributed by atoms with E-state index in [-0.39, 0.29) is 4.90 Å². The molecule has 0 saturated heterocycles. The highest BCUT2D eigenvalue weighted by Gasteiger charge is 2.25. The molecule has 2 aromatic rings. The second-order valence-electron chi connectivity index (χ2n) is 6.50. The maximum atomic E-state index is 12.7. The largest absolute Gasteiger partial charge is 0.366 e. The molecule has 0 aliphatic rings. The first kappa shape index (κ1) is 20.6. The zero-order chi connectivity index (χ0) is 20.4. The van der Waals surface area contributed by atoms with Crippen LogP contribution in [-0.2, 0) is 14.8 Å². The van der Waals surface area contributed by atoms with Crippen LogP contribution in [0.15, 0.2) is 41.3 Å². The fourth-order valence-corrected chi connectivity index (χ4v) is 4.56. The van der Waals surface area contributed by atoms with E-state index in [1.54, 1.807) is 26.0 Å². The summed E-state index contributed by atoms with van der Waals surface area (Å²) in [7, 11) is -3.86. The highest BCUT2D eigenvalue weighted by molar-refractivity contribution is 7.89. The van der Waals surface area contributed by atoms with Gasteiger partial charge >= 0.3 is 0 Å². The highest BCUT2D eigenvalue weighted by Crippen LogP contribution is 2.22. The average molecular weight is 389 g/mol. The van der Waals surface area contributed by atoms with E-state index < -0.39 is 27.9 Å². The van der Waals surface area contributed by atoms with Crippen molar-refractivity contribution in [2.24, 2.45) is 5.73 Å². The van der Waals surface area contributed by atoms with E-state index in [4.69, 9.17) is 5.73 Å². The second kappa shape index (κ2) is 7.89. The van der Waals surface area contributed by atoms with Gasteiger partial charge in [-0.2, -0.15) is 4.72 Å². The molecule has 0 aromatic heterocycles. The third kappa shape index (κ3) is 4.93. The van der Waals surface area contributed by atoms with E-state index in [0.29, 0.717) is 22.4 Å². The van der Waals surface area contributed by atoms with Crippen LogP contribution in [0.5, 0.6) is 0 Å². The molecule has 0 fully saturated rings. The molecule has 2 rings (SSSR count). The standard InChI is InChI=1S/C19H23N3O4S/c1-11-9-12(2)17(13(3)10-11)27(25,26)22-14(4)19(24)21-16-7-5-15(6-8-16)18(20)23/h5-10,14,22H,1-4H3,(H2,20,23)(H,21,24). The third-order valence-electron chi connectivity index (χ3n) is 4.04. The second-order valence-corrected chi connectivity index (χ2v) is 8.15. The van der Waals surface area contributed by atoms with Crippen LogP contribution in [0.3, 0.4) is 0 Å². The lowest BCUT2D eigenvalue weighted by Crippen LogP contribution is -2.41. The van der Waals surface area contributed by atoms with Crippen molar-refractivity contribution in [2.75, 3.05) is 5.32 Å². The minimum Gasteiger partial charge on any atom is -0.366 e. The van der Waals surface area contributed by atoms with Crippen LogP contribution < -0.4 is 15.8 Å². The molecule has 2 aromatic carbocycles. The van der Waals surface area contributed by atoms with Crippen molar-refractivity contribution in [3.05, 3.63) is 58.7 Å². The van der Waals surface area contributed by atoms with Gasteiger partial charge in [-0.1, -0.05) is 17.7 Å². The molecule has 144 valence electrons. The van der Waals surface area contributed by atoms with Crippen LogP contribution in [0.4, 0.5) is 5.69 Å². The van der Waals surface area contributed by atoms with Gasteiger partial charge in [0.2, 0.25) is 21.8 Å². The Hall–Kier alpha value is -2.71. The van der Waals surface area contributed by atoms with Gasteiger partial charge in [0.1, 0.15) is 0 Å². The zero-order valence-electron chi connectivity index (χ0n) is 15.7. The van der Waals surface area contributed by atoms with Crippen LogP contribution in [0.1, 0.15) is 34.0 Å². The van der Waals surface area contributed by atoms with E-state index in [2.05, 4.69) is 10.0 Å². The number of rotatable bonds is 6. The number of sulfonamides is 1. The van der Waals surface area contributed by atoms with Gasteiger partial charge in [0.05, 0.1) is 10.9 Å². The number of anilines is 1. The monoisotopic (exact) mass is 389 g/mol. The summed E-state index contributed by atoms with van der Waals surface area (Å²) in [5, 5.41) is 2.60. The summed E-state index contributed by atoms with van der Waals surface area (Å²) in [6.07, 6.45) is 0. The first-order valence-electron chi connectivity index (χ1n) is 8.32. The van der Waals surface area contributed by atoms with E-state index in [1.807, 2.05) is 6.92 Å². The number of nitrogens with one attached hydrogen (secondary N) is 2. The molecule has 0 spiro atoms. The average Bonchev–Trinajstić information content (AvgIpc) is 2.53. The SMILES string of the molecule is Cc1cc(C)c(S(=O)(=O)NC(C)C(=O)Nc2ccc(C(N)=O)cc2)c(C)c1. The highest BCUT2D eigenvalue weighted by atomic mass is 32.2. The number of carbonyl (C=O) groups is 2. The molecule has 27 heavy (non-hydrogen) atoms. The van der Waals surface area contributed by atoms with Crippen molar-refractivity contribution in [1.29, 1.82) is 0 Å². The number of nitrogens with two attached hydrogens (primary N) is 1. The van der Waals surface area contributed by atoms with Gasteiger partial charge in [-0.15, -0.1) is 0 Å². The fourth-order valence-electron chi connectivity index (χ4n) is 2.90. The predicted octanol–water partition coefficient (Wildman–Crippen LogP) is 2.02. The topological polar surface area (TPSA) is 118 Å². The van der Waals surface area contributed by atoms with Crippen molar-refractivity contribution < 1.29 is 18.0 Å². The number of aryl methyl sites for hydroxylation is 3. The Kier molecular flexibility index (Phi) is 6.02. The van der Waals surface area contributed by atoms with Gasteiger partial charge < -0.3 is 11.1 Å². The number of carbonyl (C=O) groups excluding carboxylic acids is 2. The lowest BCUT2D eigenvalue weighted by Gasteiger charge is -2.17. The molecule has 7 nitrogen and oxygen atoms in total. The summed E-state index contributed by atoms with van der Waals surface area (Å²) in [5.74, 6) is -1.09. The van der Waals surface area contributed by atoms with Crippen molar-refractivity contribution >= 4 is 27.5 Å². The lowest BCUT2D eigenvalue weighted by molar-refractivity contribution is -0.117. The van der Waals surface area contributed by atoms with Gasteiger partial charge in [0.15, 0.2) is 0 Å². The molecule has 2 amide bonds. The molecule has 0 bridgehead atoms. The van der Waals surface area contributed by atoms with E-state index in [0.717, 1.165) is 5.56 Å². The van der Waals surface area contributed by atoms with Crippen molar-refractivity contribution in [3.63, 3.8) is 0 Å². The summed E-state index contributed by atoms with van der Waals surface area (Å²) in [6.45, 7) is 6.80. The minimum absolute atomic E-state index is 0.179. The predicted molar refractivity (Wildman–Crippen MR) is 104 cm³/mol. The number of hydrogen-bond acceptors (Lipinski definition) is 4. The van der Waals surface area contributed by atoms with Crippen LogP contribution in [-0.4, -0.2) is 26.3 Å². The molecule has 0 saturated carbocycles. The normalized spacial score (nSPS) is 12.4. The molecule has 8 heteroatoms. The third-order valence-corrected chi connectivity index (χ3v) is 5.88. The van der Waals surface area contributed by atoms with Gasteiger partial charge in [0.25, 0.3) is 0 Å². The van der Waals surface area contributed by atoms with Gasteiger partial charge in [-0.25, -0.2) is 8.42 Å². The van der Waals surface area contributed by atoms with E-state index >= 15 is 0 Å². The number of primary amides is 1. The first-order valence-corrected chi connectivity index (χ1v) is 9.80. The molecule has 0 radical (unpaired) electrons. The quantitative estimate of drug-likeness (QED) is 0.700.